The van der Waals surface area contributed by atoms with E-state index in [1.165, 1.54) is 44.9 Å². The third-order valence-corrected chi connectivity index (χ3v) is 6.51. The molecule has 0 amide bonds. The van der Waals surface area contributed by atoms with Crippen molar-refractivity contribution < 1.29 is 9.84 Å². The van der Waals surface area contributed by atoms with Crippen LogP contribution in [-0.2, 0) is 4.74 Å². The topological polar surface area (TPSA) is 29.5 Å². The third kappa shape index (κ3) is 2.92. The van der Waals surface area contributed by atoms with Crippen molar-refractivity contribution in [2.24, 2.45) is 29.6 Å². The highest BCUT2D eigenvalue weighted by Gasteiger charge is 2.45. The number of ether oxygens (including phenoxy) is 1. The molecule has 0 aromatic carbocycles. The zero-order valence-electron chi connectivity index (χ0n) is 13.3. The fourth-order valence-electron chi connectivity index (χ4n) is 5.07. The fourth-order valence-corrected chi connectivity index (χ4v) is 5.07. The molecule has 6 unspecified atom stereocenters. The molecule has 1 saturated heterocycles. The molecule has 2 aliphatic carbocycles. The number of hydrogen-bond acceptors (Lipinski definition) is 2. The van der Waals surface area contributed by atoms with E-state index in [1.807, 2.05) is 6.92 Å². The molecule has 3 aliphatic rings. The Morgan fingerprint density at radius 3 is 2.50 bits per heavy atom. The van der Waals surface area contributed by atoms with Gasteiger partial charge in [-0.25, -0.2) is 0 Å². The molecule has 2 saturated carbocycles. The number of rotatable bonds is 4. The van der Waals surface area contributed by atoms with Crippen molar-refractivity contribution in [3.63, 3.8) is 0 Å². The second kappa shape index (κ2) is 6.36. The molecule has 3 rings (SSSR count). The molecule has 1 heterocycles. The molecule has 2 heteroatoms. The van der Waals surface area contributed by atoms with Gasteiger partial charge in [0, 0.05) is 0 Å². The molecule has 20 heavy (non-hydrogen) atoms. The first-order chi connectivity index (χ1) is 9.66. The van der Waals surface area contributed by atoms with Crippen LogP contribution < -0.4 is 0 Å². The lowest BCUT2D eigenvalue weighted by Crippen LogP contribution is -2.49. The monoisotopic (exact) mass is 280 g/mol. The average molecular weight is 280 g/mol. The summed E-state index contributed by atoms with van der Waals surface area (Å²) < 4.78 is 6.34. The van der Waals surface area contributed by atoms with E-state index >= 15 is 0 Å². The standard InChI is InChI=1S/C18H32O2/c1-12(19)9-10-14-5-4-8-16-13(2)18(15-6-3-7-15)20-11-17(14)16/h12-19H,3-11H2,1-2H3. The first-order valence-corrected chi connectivity index (χ1v) is 8.96. The summed E-state index contributed by atoms with van der Waals surface area (Å²) in [6.07, 6.45) is 11.0. The lowest BCUT2D eigenvalue weighted by atomic mass is 9.61. The molecule has 0 radical (unpaired) electrons. The third-order valence-electron chi connectivity index (χ3n) is 6.51. The van der Waals surface area contributed by atoms with Gasteiger partial charge in [0.1, 0.15) is 0 Å². The van der Waals surface area contributed by atoms with E-state index in [9.17, 15) is 5.11 Å². The Labute approximate surface area is 124 Å². The first kappa shape index (κ1) is 14.8. The summed E-state index contributed by atoms with van der Waals surface area (Å²) in [5, 5.41) is 9.55. The van der Waals surface area contributed by atoms with Crippen LogP contribution in [0.15, 0.2) is 0 Å². The Kier molecular flexibility index (Phi) is 4.72. The zero-order valence-corrected chi connectivity index (χ0v) is 13.3. The maximum Gasteiger partial charge on any atom is 0.0631 e. The molecule has 1 N–H and O–H groups in total. The van der Waals surface area contributed by atoms with Gasteiger partial charge in [-0.3, -0.25) is 0 Å². The fraction of sp³-hybridized carbons (Fsp3) is 1.00. The number of hydrogen-bond donors (Lipinski definition) is 1. The highest BCUT2D eigenvalue weighted by molar-refractivity contribution is 4.94. The lowest BCUT2D eigenvalue weighted by molar-refractivity contribution is -0.148. The Hall–Kier alpha value is -0.0800. The van der Waals surface area contributed by atoms with Crippen LogP contribution in [0.4, 0.5) is 0 Å². The van der Waals surface area contributed by atoms with E-state index in [4.69, 9.17) is 4.74 Å². The van der Waals surface area contributed by atoms with Crippen LogP contribution in [0.2, 0.25) is 0 Å². The van der Waals surface area contributed by atoms with Gasteiger partial charge in [0.2, 0.25) is 0 Å². The molecule has 0 spiro atoms. The van der Waals surface area contributed by atoms with E-state index in [2.05, 4.69) is 6.92 Å². The molecule has 0 aromatic heterocycles. The number of aliphatic hydroxyl groups is 1. The molecule has 3 fully saturated rings. The van der Waals surface area contributed by atoms with E-state index in [0.29, 0.717) is 6.10 Å². The van der Waals surface area contributed by atoms with Gasteiger partial charge in [-0.05, 0) is 68.6 Å². The second-order valence-electron chi connectivity index (χ2n) is 7.79. The minimum Gasteiger partial charge on any atom is -0.393 e. The molecule has 6 atom stereocenters. The number of fused-ring (bicyclic) bond motifs is 1. The van der Waals surface area contributed by atoms with E-state index in [0.717, 1.165) is 42.6 Å². The van der Waals surface area contributed by atoms with Gasteiger partial charge >= 0.3 is 0 Å². The summed E-state index contributed by atoms with van der Waals surface area (Å²) in [5.41, 5.74) is 0. The quantitative estimate of drug-likeness (QED) is 0.843. The van der Waals surface area contributed by atoms with Gasteiger partial charge in [0.25, 0.3) is 0 Å². The van der Waals surface area contributed by atoms with Crippen molar-refractivity contribution in [1.82, 2.24) is 0 Å². The van der Waals surface area contributed by atoms with Crippen LogP contribution in [-0.4, -0.2) is 23.9 Å². The molecule has 2 nitrogen and oxygen atoms in total. The van der Waals surface area contributed by atoms with Gasteiger partial charge in [-0.1, -0.05) is 26.2 Å². The van der Waals surface area contributed by atoms with Gasteiger partial charge in [0.15, 0.2) is 0 Å². The summed E-state index contributed by atoms with van der Waals surface area (Å²) >= 11 is 0. The SMILES string of the molecule is CC(O)CCC1CCCC2C(C)C(C3CCC3)OCC12. The van der Waals surface area contributed by atoms with E-state index in [-0.39, 0.29) is 6.10 Å². The number of aliphatic hydroxyl groups excluding tert-OH is 1. The van der Waals surface area contributed by atoms with Gasteiger partial charge < -0.3 is 9.84 Å². The molecular formula is C18H32O2. The van der Waals surface area contributed by atoms with Crippen molar-refractivity contribution in [2.45, 2.75) is 77.4 Å². The van der Waals surface area contributed by atoms with E-state index < -0.39 is 0 Å². The lowest BCUT2D eigenvalue weighted by Gasteiger charge is -2.51. The molecule has 1 aliphatic heterocycles. The van der Waals surface area contributed by atoms with Crippen molar-refractivity contribution in [3.05, 3.63) is 0 Å². The van der Waals surface area contributed by atoms with Crippen molar-refractivity contribution in [2.75, 3.05) is 6.61 Å². The van der Waals surface area contributed by atoms with Crippen LogP contribution in [0.5, 0.6) is 0 Å². The minimum atomic E-state index is -0.139. The molecule has 0 bridgehead atoms. The van der Waals surface area contributed by atoms with Crippen molar-refractivity contribution >= 4 is 0 Å². The van der Waals surface area contributed by atoms with Gasteiger partial charge in [0.05, 0.1) is 18.8 Å². The molecule has 116 valence electrons. The maximum absolute atomic E-state index is 9.55. The summed E-state index contributed by atoms with van der Waals surface area (Å²) in [5.74, 6) is 4.08. The summed E-state index contributed by atoms with van der Waals surface area (Å²) in [6, 6.07) is 0. The molecular weight excluding hydrogens is 248 g/mol. The predicted molar refractivity (Wildman–Crippen MR) is 81.5 cm³/mol. The summed E-state index contributed by atoms with van der Waals surface area (Å²) in [4.78, 5) is 0. The Bertz CT molecular complexity index is 311. The predicted octanol–water partition coefficient (Wildman–Crippen LogP) is 4.01. The van der Waals surface area contributed by atoms with Crippen molar-refractivity contribution in [1.29, 1.82) is 0 Å². The van der Waals surface area contributed by atoms with Crippen LogP contribution in [0, 0.1) is 29.6 Å². The Morgan fingerprint density at radius 2 is 1.85 bits per heavy atom. The minimum absolute atomic E-state index is 0.139. The summed E-state index contributed by atoms with van der Waals surface area (Å²) in [6.45, 7) is 5.38. The van der Waals surface area contributed by atoms with Crippen LogP contribution >= 0.6 is 0 Å². The van der Waals surface area contributed by atoms with Crippen LogP contribution in [0.1, 0.15) is 65.2 Å². The van der Waals surface area contributed by atoms with Crippen LogP contribution in [0.25, 0.3) is 0 Å². The van der Waals surface area contributed by atoms with Crippen molar-refractivity contribution in [3.8, 4) is 0 Å². The van der Waals surface area contributed by atoms with Gasteiger partial charge in [-0.2, -0.15) is 0 Å². The maximum atomic E-state index is 9.55. The Balaban J connectivity index is 1.61. The normalized spacial score (nSPS) is 43.6. The van der Waals surface area contributed by atoms with Gasteiger partial charge in [-0.15, -0.1) is 0 Å². The highest BCUT2D eigenvalue weighted by Crippen LogP contribution is 2.49. The largest absolute Gasteiger partial charge is 0.393 e. The molecule has 0 aromatic rings. The Morgan fingerprint density at radius 1 is 1.10 bits per heavy atom. The smallest absolute Gasteiger partial charge is 0.0631 e. The highest BCUT2D eigenvalue weighted by atomic mass is 16.5. The van der Waals surface area contributed by atoms with Crippen LogP contribution in [0.3, 0.4) is 0 Å². The summed E-state index contributed by atoms with van der Waals surface area (Å²) in [7, 11) is 0. The average Bonchev–Trinajstić information content (AvgIpc) is 2.37. The van der Waals surface area contributed by atoms with E-state index in [1.54, 1.807) is 0 Å². The first-order valence-electron chi connectivity index (χ1n) is 8.96. The zero-order chi connectivity index (χ0) is 14.1. The second-order valence-corrected chi connectivity index (χ2v) is 7.79.